The van der Waals surface area contributed by atoms with Crippen molar-refractivity contribution in [2.24, 2.45) is 0 Å². The number of benzene rings is 2. The van der Waals surface area contributed by atoms with Gasteiger partial charge >= 0.3 is 0 Å². The number of anilines is 2. The highest BCUT2D eigenvalue weighted by Gasteiger charge is 2.19. The van der Waals surface area contributed by atoms with E-state index in [1.165, 1.54) is 36.1 Å². The third-order valence-corrected chi connectivity index (χ3v) is 3.27. The van der Waals surface area contributed by atoms with Crippen LogP contribution >= 0.6 is 0 Å². The van der Waals surface area contributed by atoms with E-state index in [2.05, 4.69) is 5.32 Å². The summed E-state index contributed by atoms with van der Waals surface area (Å²) in [6.45, 7) is 3.51. The Balaban J connectivity index is 2.15. The highest BCUT2D eigenvalue weighted by atomic mass is 19.1. The molecule has 2 aromatic rings. The predicted octanol–water partition coefficient (Wildman–Crippen LogP) is 3.22. The summed E-state index contributed by atoms with van der Waals surface area (Å²) in [6, 6.07) is 12.5. The number of ether oxygens (including phenoxy) is 1. The van der Waals surface area contributed by atoms with Crippen molar-refractivity contribution in [2.45, 2.75) is 13.8 Å². The predicted molar refractivity (Wildman–Crippen MR) is 90.7 cm³/mol. The van der Waals surface area contributed by atoms with Crippen LogP contribution in [0.1, 0.15) is 13.8 Å². The number of nitrogens with one attached hydrogen (secondary N) is 1. The summed E-state index contributed by atoms with van der Waals surface area (Å²) in [7, 11) is 0. The molecular weight excluding hydrogens is 311 g/mol. The minimum Gasteiger partial charge on any atom is -0.492 e. The Kier molecular flexibility index (Phi) is 5.89. The lowest BCUT2D eigenvalue weighted by atomic mass is 10.2. The Morgan fingerprint density at radius 2 is 1.79 bits per heavy atom. The summed E-state index contributed by atoms with van der Waals surface area (Å²) in [4.78, 5) is 25.5. The summed E-state index contributed by atoms with van der Waals surface area (Å²) in [5.41, 5.74) is 0.990. The molecule has 0 aromatic heterocycles. The van der Waals surface area contributed by atoms with Gasteiger partial charge in [0.25, 0.3) is 0 Å². The molecule has 126 valence electrons. The maximum Gasteiger partial charge on any atom is 0.244 e. The average molecular weight is 330 g/mol. The van der Waals surface area contributed by atoms with Gasteiger partial charge in [0.05, 0.1) is 12.3 Å². The van der Waals surface area contributed by atoms with Gasteiger partial charge in [0, 0.05) is 12.6 Å². The van der Waals surface area contributed by atoms with Crippen LogP contribution in [0.2, 0.25) is 0 Å². The summed E-state index contributed by atoms with van der Waals surface area (Å²) in [5, 5.41) is 2.64. The molecular formula is C18H19FN2O3. The first-order chi connectivity index (χ1) is 11.5. The minimum absolute atomic E-state index is 0.170. The van der Waals surface area contributed by atoms with E-state index in [1.807, 2.05) is 6.92 Å². The smallest absolute Gasteiger partial charge is 0.244 e. The second-order valence-electron chi connectivity index (χ2n) is 5.06. The zero-order valence-electron chi connectivity index (χ0n) is 13.6. The quantitative estimate of drug-likeness (QED) is 0.885. The second kappa shape index (κ2) is 8.10. The van der Waals surface area contributed by atoms with Crippen molar-refractivity contribution in [3.05, 3.63) is 54.3 Å². The van der Waals surface area contributed by atoms with Crippen molar-refractivity contribution in [1.82, 2.24) is 0 Å². The van der Waals surface area contributed by atoms with Gasteiger partial charge in [0.2, 0.25) is 11.8 Å². The van der Waals surface area contributed by atoms with Crippen molar-refractivity contribution >= 4 is 23.2 Å². The molecule has 0 aliphatic carbocycles. The SMILES string of the molecule is CCOc1ccccc1N(CC(=O)Nc1ccc(F)cc1)C(C)=O. The van der Waals surface area contributed by atoms with Crippen LogP contribution in [0.25, 0.3) is 0 Å². The molecule has 2 rings (SSSR count). The fourth-order valence-electron chi connectivity index (χ4n) is 2.20. The van der Waals surface area contributed by atoms with Crippen LogP contribution in [0.5, 0.6) is 5.75 Å². The maximum absolute atomic E-state index is 12.9. The van der Waals surface area contributed by atoms with Crippen LogP contribution in [-0.4, -0.2) is 25.0 Å². The van der Waals surface area contributed by atoms with E-state index in [4.69, 9.17) is 4.74 Å². The maximum atomic E-state index is 12.9. The molecule has 1 N–H and O–H groups in total. The molecule has 5 nitrogen and oxygen atoms in total. The number of halogens is 1. The molecule has 0 saturated heterocycles. The van der Waals surface area contributed by atoms with Crippen molar-refractivity contribution in [1.29, 1.82) is 0 Å². The standard InChI is InChI=1S/C18H19FN2O3/c1-3-24-17-7-5-4-6-16(17)21(13(2)22)12-18(23)20-15-10-8-14(19)9-11-15/h4-11H,3,12H2,1-2H3,(H,20,23). The molecule has 0 bridgehead atoms. The van der Waals surface area contributed by atoms with Gasteiger partial charge in [0.1, 0.15) is 18.1 Å². The lowest BCUT2D eigenvalue weighted by Crippen LogP contribution is -2.37. The van der Waals surface area contributed by atoms with E-state index in [1.54, 1.807) is 24.3 Å². The van der Waals surface area contributed by atoms with E-state index < -0.39 is 0 Å². The summed E-state index contributed by atoms with van der Waals surface area (Å²) < 4.78 is 18.4. The van der Waals surface area contributed by atoms with Gasteiger partial charge in [-0.15, -0.1) is 0 Å². The first-order valence-corrected chi connectivity index (χ1v) is 7.56. The second-order valence-corrected chi connectivity index (χ2v) is 5.06. The molecule has 0 heterocycles. The lowest BCUT2D eigenvalue weighted by molar-refractivity contribution is -0.120. The van der Waals surface area contributed by atoms with Gasteiger partial charge in [-0.2, -0.15) is 0 Å². The average Bonchev–Trinajstić information content (AvgIpc) is 2.56. The van der Waals surface area contributed by atoms with E-state index in [0.717, 1.165) is 0 Å². The molecule has 6 heteroatoms. The van der Waals surface area contributed by atoms with Gasteiger partial charge in [-0.05, 0) is 43.3 Å². The van der Waals surface area contributed by atoms with E-state index in [9.17, 15) is 14.0 Å². The van der Waals surface area contributed by atoms with E-state index >= 15 is 0 Å². The van der Waals surface area contributed by atoms with E-state index in [-0.39, 0.29) is 24.2 Å². The van der Waals surface area contributed by atoms with Crippen LogP contribution in [0.4, 0.5) is 15.8 Å². The Hall–Kier alpha value is -2.89. The highest BCUT2D eigenvalue weighted by molar-refractivity contribution is 6.02. The molecule has 0 fully saturated rings. The van der Waals surface area contributed by atoms with Crippen molar-refractivity contribution in [3.8, 4) is 5.75 Å². The van der Waals surface area contributed by atoms with Crippen molar-refractivity contribution in [2.75, 3.05) is 23.4 Å². The monoisotopic (exact) mass is 330 g/mol. The van der Waals surface area contributed by atoms with Gasteiger partial charge in [0.15, 0.2) is 0 Å². The fraction of sp³-hybridized carbons (Fsp3) is 0.222. The number of amides is 2. The summed E-state index contributed by atoms with van der Waals surface area (Å²) in [6.07, 6.45) is 0. The van der Waals surface area contributed by atoms with Gasteiger partial charge in [-0.1, -0.05) is 12.1 Å². The molecule has 24 heavy (non-hydrogen) atoms. The number of para-hydroxylation sites is 2. The zero-order chi connectivity index (χ0) is 17.5. The summed E-state index contributed by atoms with van der Waals surface area (Å²) >= 11 is 0. The number of nitrogens with zero attached hydrogens (tertiary/aromatic N) is 1. The lowest BCUT2D eigenvalue weighted by Gasteiger charge is -2.23. The Morgan fingerprint density at radius 1 is 1.12 bits per heavy atom. The van der Waals surface area contributed by atoms with Crippen molar-refractivity contribution < 1.29 is 18.7 Å². The number of carbonyl (C=O) groups excluding carboxylic acids is 2. The highest BCUT2D eigenvalue weighted by Crippen LogP contribution is 2.28. The number of hydrogen-bond donors (Lipinski definition) is 1. The van der Waals surface area contributed by atoms with Gasteiger partial charge in [-0.3, -0.25) is 14.5 Å². The largest absolute Gasteiger partial charge is 0.492 e. The molecule has 0 saturated carbocycles. The topological polar surface area (TPSA) is 58.6 Å². The number of hydrogen-bond acceptors (Lipinski definition) is 3. The molecule has 0 spiro atoms. The van der Waals surface area contributed by atoms with Crippen LogP contribution in [0, 0.1) is 5.82 Å². The number of rotatable bonds is 6. The first kappa shape index (κ1) is 17.5. The third kappa shape index (κ3) is 4.55. The molecule has 0 atom stereocenters. The van der Waals surface area contributed by atoms with Crippen LogP contribution in [0.3, 0.4) is 0 Å². The normalized spacial score (nSPS) is 10.1. The Labute approximate surface area is 140 Å². The molecule has 0 radical (unpaired) electrons. The van der Waals surface area contributed by atoms with E-state index in [0.29, 0.717) is 23.7 Å². The van der Waals surface area contributed by atoms with Gasteiger partial charge in [-0.25, -0.2) is 4.39 Å². The third-order valence-electron chi connectivity index (χ3n) is 3.27. The van der Waals surface area contributed by atoms with Crippen LogP contribution in [0.15, 0.2) is 48.5 Å². The van der Waals surface area contributed by atoms with Crippen LogP contribution in [-0.2, 0) is 9.59 Å². The Bertz CT molecular complexity index is 716. The first-order valence-electron chi connectivity index (χ1n) is 7.56. The molecule has 0 unspecified atom stereocenters. The fourth-order valence-corrected chi connectivity index (χ4v) is 2.20. The van der Waals surface area contributed by atoms with Crippen molar-refractivity contribution in [3.63, 3.8) is 0 Å². The number of carbonyl (C=O) groups is 2. The molecule has 2 aromatic carbocycles. The molecule has 0 aliphatic rings. The van der Waals surface area contributed by atoms with Crippen LogP contribution < -0.4 is 15.0 Å². The minimum atomic E-state index is -0.386. The van der Waals surface area contributed by atoms with Gasteiger partial charge < -0.3 is 10.1 Å². The Morgan fingerprint density at radius 3 is 2.42 bits per heavy atom. The zero-order valence-corrected chi connectivity index (χ0v) is 13.6. The molecule has 0 aliphatic heterocycles. The summed E-state index contributed by atoms with van der Waals surface area (Å²) in [5.74, 6) is -0.520. The molecule has 2 amide bonds.